The predicted molar refractivity (Wildman–Crippen MR) is 76.9 cm³/mol. The molecular weight excluding hydrogens is 240 g/mol. The maximum Gasteiger partial charge on any atom is 0.241 e. The molecule has 1 aliphatic rings. The lowest BCUT2D eigenvalue weighted by molar-refractivity contribution is 0.349. The lowest BCUT2D eigenvalue weighted by Gasteiger charge is -2.27. The molecule has 0 aliphatic heterocycles. The third kappa shape index (κ3) is 4.37. The Kier molecular flexibility index (Phi) is 4.33. The van der Waals surface area contributed by atoms with Crippen LogP contribution in [0.15, 0.2) is 34.6 Å². The molecule has 2 rings (SSSR count). The van der Waals surface area contributed by atoms with Gasteiger partial charge in [0, 0.05) is 12.8 Å². The van der Waals surface area contributed by atoms with E-state index in [4.69, 9.17) is 8.84 Å². The van der Waals surface area contributed by atoms with Crippen LogP contribution in [0.25, 0.3) is 0 Å². The molecule has 0 bridgehead atoms. The van der Waals surface area contributed by atoms with Crippen LogP contribution in [0.5, 0.6) is 0 Å². The Morgan fingerprint density at radius 3 is 2.89 bits per heavy atom. The van der Waals surface area contributed by atoms with E-state index in [1.165, 1.54) is 25.0 Å². The van der Waals surface area contributed by atoms with Gasteiger partial charge in [0.25, 0.3) is 0 Å². The van der Waals surface area contributed by atoms with Crippen molar-refractivity contribution in [1.29, 1.82) is 0 Å². The summed E-state index contributed by atoms with van der Waals surface area (Å²) in [6.07, 6.45) is 10.0. The molecule has 0 N–H and O–H groups in total. The van der Waals surface area contributed by atoms with Crippen LogP contribution in [0.4, 0.5) is 0 Å². The number of furan rings is 1. The minimum absolute atomic E-state index is 0.662. The fraction of sp³-hybridized carbons (Fsp3) is 0.600. The molecule has 100 valence electrons. The molecule has 18 heavy (non-hydrogen) atoms. The van der Waals surface area contributed by atoms with Crippen LogP contribution >= 0.6 is 0 Å². The van der Waals surface area contributed by atoms with Crippen LogP contribution in [0.1, 0.15) is 31.4 Å². The second-order valence-corrected chi connectivity index (χ2v) is 10.5. The predicted octanol–water partition coefficient (Wildman–Crippen LogP) is 4.75. The average Bonchev–Trinajstić information content (AvgIpc) is 2.77. The quantitative estimate of drug-likeness (QED) is 0.716. The highest BCUT2D eigenvalue weighted by molar-refractivity contribution is 6.70. The highest BCUT2D eigenvalue weighted by atomic mass is 28.4. The van der Waals surface area contributed by atoms with Crippen LogP contribution in [0, 0.1) is 5.92 Å². The van der Waals surface area contributed by atoms with E-state index in [1.54, 1.807) is 6.26 Å². The first-order valence-electron chi connectivity index (χ1n) is 6.95. The van der Waals surface area contributed by atoms with E-state index in [9.17, 15) is 0 Å². The lowest BCUT2D eigenvalue weighted by Crippen LogP contribution is -2.26. The molecule has 1 aromatic heterocycles. The van der Waals surface area contributed by atoms with Crippen molar-refractivity contribution in [3.05, 3.63) is 36.0 Å². The van der Waals surface area contributed by atoms with Gasteiger partial charge in [-0.05, 0) is 63.0 Å². The van der Waals surface area contributed by atoms with Crippen LogP contribution in [-0.4, -0.2) is 8.32 Å². The van der Waals surface area contributed by atoms with Gasteiger partial charge in [0.05, 0.1) is 12.0 Å². The van der Waals surface area contributed by atoms with Crippen molar-refractivity contribution < 1.29 is 8.84 Å². The topological polar surface area (TPSA) is 22.4 Å². The molecule has 0 saturated carbocycles. The van der Waals surface area contributed by atoms with E-state index in [0.717, 1.165) is 18.6 Å². The molecule has 0 saturated heterocycles. The van der Waals surface area contributed by atoms with Gasteiger partial charge < -0.3 is 8.84 Å². The van der Waals surface area contributed by atoms with Gasteiger partial charge in [-0.1, -0.05) is 0 Å². The van der Waals surface area contributed by atoms with E-state index >= 15 is 0 Å². The van der Waals surface area contributed by atoms with Crippen molar-refractivity contribution in [1.82, 2.24) is 0 Å². The molecule has 3 heteroatoms. The minimum Gasteiger partial charge on any atom is -0.548 e. The molecule has 0 radical (unpaired) electrons. The van der Waals surface area contributed by atoms with Gasteiger partial charge in [-0.3, -0.25) is 0 Å². The van der Waals surface area contributed by atoms with E-state index in [0.29, 0.717) is 5.92 Å². The first-order valence-corrected chi connectivity index (χ1v) is 10.4. The maximum atomic E-state index is 6.12. The molecule has 0 amide bonds. The molecule has 1 aromatic rings. The van der Waals surface area contributed by atoms with Crippen molar-refractivity contribution in [3.63, 3.8) is 0 Å². The average molecular weight is 264 g/mol. The summed E-state index contributed by atoms with van der Waals surface area (Å²) in [6, 6.07) is 4.03. The van der Waals surface area contributed by atoms with Crippen LogP contribution in [0.3, 0.4) is 0 Å². The summed E-state index contributed by atoms with van der Waals surface area (Å²) in [6.45, 7) is 6.75. The number of hydrogen-bond acceptors (Lipinski definition) is 2. The third-order valence-electron chi connectivity index (χ3n) is 3.20. The van der Waals surface area contributed by atoms with E-state index in [2.05, 4.69) is 31.8 Å². The molecule has 0 aromatic carbocycles. The molecule has 1 atom stereocenters. The number of allylic oxidation sites excluding steroid dienone is 2. The van der Waals surface area contributed by atoms with Crippen LogP contribution < -0.4 is 0 Å². The first-order chi connectivity index (χ1) is 8.53. The second-order valence-electron chi connectivity index (χ2n) is 6.12. The van der Waals surface area contributed by atoms with E-state index in [1.807, 2.05) is 6.07 Å². The zero-order chi connectivity index (χ0) is 13.0. The Bertz CT molecular complexity index is 387. The van der Waals surface area contributed by atoms with Gasteiger partial charge in [0.1, 0.15) is 5.76 Å². The van der Waals surface area contributed by atoms with Gasteiger partial charge in [-0.2, -0.15) is 0 Å². The zero-order valence-corrected chi connectivity index (χ0v) is 12.7. The van der Waals surface area contributed by atoms with Crippen LogP contribution in [-0.2, 0) is 10.8 Å². The first kappa shape index (κ1) is 13.5. The molecule has 2 nitrogen and oxygen atoms in total. The maximum absolute atomic E-state index is 6.12. The molecular formula is C15H24O2Si. The lowest BCUT2D eigenvalue weighted by atomic mass is 9.90. The Labute approximate surface area is 111 Å². The van der Waals surface area contributed by atoms with Crippen molar-refractivity contribution in [3.8, 4) is 0 Å². The summed E-state index contributed by atoms with van der Waals surface area (Å²) in [5, 5.41) is 0. The smallest absolute Gasteiger partial charge is 0.241 e. The third-order valence-corrected chi connectivity index (χ3v) is 4.07. The second kappa shape index (κ2) is 5.78. The summed E-state index contributed by atoms with van der Waals surface area (Å²) < 4.78 is 11.5. The van der Waals surface area contributed by atoms with E-state index in [-0.39, 0.29) is 0 Å². The monoisotopic (exact) mass is 264 g/mol. The number of aryl methyl sites for hydroxylation is 1. The van der Waals surface area contributed by atoms with Crippen LogP contribution in [0.2, 0.25) is 19.6 Å². The van der Waals surface area contributed by atoms with Gasteiger partial charge in [0.2, 0.25) is 8.32 Å². The van der Waals surface area contributed by atoms with Gasteiger partial charge >= 0.3 is 0 Å². The van der Waals surface area contributed by atoms with Gasteiger partial charge in [0.15, 0.2) is 0 Å². The normalized spacial score (nSPS) is 20.6. The largest absolute Gasteiger partial charge is 0.548 e. The SMILES string of the molecule is C[Si](C)(C)OC1=C[C@@H](CCc2ccco2)CCC1. The van der Waals surface area contributed by atoms with Gasteiger partial charge in [-0.15, -0.1) is 0 Å². The molecule has 1 heterocycles. The number of hydrogen-bond donors (Lipinski definition) is 0. The van der Waals surface area contributed by atoms with Crippen molar-refractivity contribution in [2.75, 3.05) is 0 Å². The summed E-state index contributed by atoms with van der Waals surface area (Å²) in [5.41, 5.74) is 0. The summed E-state index contributed by atoms with van der Waals surface area (Å²) in [7, 11) is -1.44. The highest BCUT2D eigenvalue weighted by Gasteiger charge is 2.21. The zero-order valence-electron chi connectivity index (χ0n) is 11.7. The molecule has 1 aliphatic carbocycles. The van der Waals surface area contributed by atoms with Crippen molar-refractivity contribution >= 4 is 8.32 Å². The number of rotatable bonds is 5. The van der Waals surface area contributed by atoms with E-state index < -0.39 is 8.32 Å². The Hall–Kier alpha value is -0.963. The molecule has 0 fully saturated rings. The Balaban J connectivity index is 1.87. The Morgan fingerprint density at radius 1 is 1.39 bits per heavy atom. The fourth-order valence-corrected chi connectivity index (χ4v) is 3.41. The standard InChI is InChI=1S/C15H24O2Si/c1-18(2,3)17-15-7-4-6-13(12-15)9-10-14-8-5-11-16-14/h5,8,11-13H,4,6-7,9-10H2,1-3H3/t13-/m1/s1. The van der Waals surface area contributed by atoms with Crippen molar-refractivity contribution in [2.24, 2.45) is 5.92 Å². The molecule has 0 unspecified atom stereocenters. The molecule has 0 spiro atoms. The van der Waals surface area contributed by atoms with Gasteiger partial charge in [-0.25, -0.2) is 0 Å². The van der Waals surface area contributed by atoms with Crippen molar-refractivity contribution in [2.45, 2.75) is 51.7 Å². The highest BCUT2D eigenvalue weighted by Crippen LogP contribution is 2.28. The minimum atomic E-state index is -1.44. The summed E-state index contributed by atoms with van der Waals surface area (Å²) >= 11 is 0. The fourth-order valence-electron chi connectivity index (χ4n) is 2.46. The summed E-state index contributed by atoms with van der Waals surface area (Å²) in [4.78, 5) is 0. The Morgan fingerprint density at radius 2 is 2.22 bits per heavy atom. The summed E-state index contributed by atoms with van der Waals surface area (Å²) in [5.74, 6) is 3.00.